The first kappa shape index (κ1) is 16.3. The Hall–Kier alpha value is -3.59. The minimum atomic E-state index is -1.24. The molecule has 1 heterocycles. The first-order valence-corrected chi connectivity index (χ1v) is 7.42. The van der Waals surface area contributed by atoms with Crippen LogP contribution in [0.4, 0.5) is 4.39 Å². The zero-order valence-electron chi connectivity index (χ0n) is 13.0. The number of carboxylic acids is 1. The minimum absolute atomic E-state index is 0.0808. The standard InChI is InChI=1S/C19H13FN2O3/c20-14-6-8-15(9-7-14)22-16(11-21)10-17(18(22)19(23)24)25-12-13-4-2-1-3-5-13/h1-10H,12H2,(H,23,24). The molecule has 3 aromatic rings. The molecule has 0 saturated carbocycles. The Kier molecular flexibility index (Phi) is 4.48. The van der Waals surface area contributed by atoms with E-state index in [0.29, 0.717) is 5.69 Å². The molecular formula is C19H13FN2O3. The average Bonchev–Trinajstić information content (AvgIpc) is 3.00. The molecule has 0 unspecified atom stereocenters. The molecule has 25 heavy (non-hydrogen) atoms. The van der Waals surface area contributed by atoms with Gasteiger partial charge in [0.15, 0.2) is 11.4 Å². The van der Waals surface area contributed by atoms with Gasteiger partial charge in [-0.05, 0) is 29.8 Å². The number of aromatic carboxylic acids is 1. The molecule has 1 aromatic heterocycles. The van der Waals surface area contributed by atoms with E-state index in [1.807, 2.05) is 36.4 Å². The van der Waals surface area contributed by atoms with Crippen LogP contribution in [0.2, 0.25) is 0 Å². The second kappa shape index (κ2) is 6.89. The lowest BCUT2D eigenvalue weighted by Crippen LogP contribution is -2.10. The SMILES string of the molecule is N#Cc1cc(OCc2ccccc2)c(C(=O)O)n1-c1ccc(F)cc1. The Morgan fingerprint density at radius 1 is 1.16 bits per heavy atom. The third kappa shape index (κ3) is 3.35. The summed E-state index contributed by atoms with van der Waals surface area (Å²) in [6.07, 6.45) is 0. The van der Waals surface area contributed by atoms with Crippen LogP contribution in [-0.2, 0) is 6.61 Å². The van der Waals surface area contributed by atoms with Gasteiger partial charge < -0.3 is 9.84 Å². The number of hydrogen-bond donors (Lipinski definition) is 1. The van der Waals surface area contributed by atoms with Crippen LogP contribution in [0.3, 0.4) is 0 Å². The number of nitriles is 1. The molecular weight excluding hydrogens is 323 g/mol. The highest BCUT2D eigenvalue weighted by Gasteiger charge is 2.23. The Labute approximate surface area is 143 Å². The van der Waals surface area contributed by atoms with E-state index in [-0.39, 0.29) is 23.7 Å². The summed E-state index contributed by atoms with van der Waals surface area (Å²) in [7, 11) is 0. The lowest BCUT2D eigenvalue weighted by molar-refractivity contribution is 0.0682. The van der Waals surface area contributed by atoms with Gasteiger partial charge in [-0.1, -0.05) is 30.3 Å². The van der Waals surface area contributed by atoms with E-state index < -0.39 is 11.8 Å². The number of carbonyl (C=O) groups is 1. The first-order valence-electron chi connectivity index (χ1n) is 7.42. The van der Waals surface area contributed by atoms with Crippen molar-refractivity contribution in [2.75, 3.05) is 0 Å². The molecule has 1 N–H and O–H groups in total. The third-order valence-corrected chi connectivity index (χ3v) is 3.60. The van der Waals surface area contributed by atoms with Gasteiger partial charge in [0.05, 0.1) is 0 Å². The predicted molar refractivity (Wildman–Crippen MR) is 88.2 cm³/mol. The zero-order valence-corrected chi connectivity index (χ0v) is 13.0. The summed E-state index contributed by atoms with van der Waals surface area (Å²) in [6.45, 7) is 0.166. The highest BCUT2D eigenvalue weighted by atomic mass is 19.1. The highest BCUT2D eigenvalue weighted by molar-refractivity contribution is 5.90. The second-order valence-corrected chi connectivity index (χ2v) is 5.25. The van der Waals surface area contributed by atoms with Crippen molar-refractivity contribution in [2.24, 2.45) is 0 Å². The molecule has 0 aliphatic heterocycles. The van der Waals surface area contributed by atoms with Crippen molar-refractivity contribution in [1.29, 1.82) is 5.26 Å². The van der Waals surface area contributed by atoms with Crippen molar-refractivity contribution in [3.8, 4) is 17.5 Å². The molecule has 0 saturated heterocycles. The Morgan fingerprint density at radius 2 is 1.84 bits per heavy atom. The van der Waals surface area contributed by atoms with Crippen LogP contribution in [0.25, 0.3) is 5.69 Å². The van der Waals surface area contributed by atoms with Crippen molar-refractivity contribution in [1.82, 2.24) is 4.57 Å². The van der Waals surface area contributed by atoms with Gasteiger partial charge in [-0.3, -0.25) is 4.57 Å². The molecule has 0 amide bonds. The predicted octanol–water partition coefficient (Wildman–Crippen LogP) is 3.77. The second-order valence-electron chi connectivity index (χ2n) is 5.25. The van der Waals surface area contributed by atoms with Gasteiger partial charge in [-0.25, -0.2) is 9.18 Å². The monoisotopic (exact) mass is 336 g/mol. The molecule has 0 spiro atoms. The number of nitrogens with zero attached hydrogens (tertiary/aromatic N) is 2. The highest BCUT2D eigenvalue weighted by Crippen LogP contribution is 2.28. The van der Waals surface area contributed by atoms with E-state index in [1.54, 1.807) is 0 Å². The average molecular weight is 336 g/mol. The lowest BCUT2D eigenvalue weighted by Gasteiger charge is -2.10. The fourth-order valence-electron chi connectivity index (χ4n) is 2.47. The van der Waals surface area contributed by atoms with Crippen molar-refractivity contribution in [3.05, 3.63) is 83.4 Å². The maximum absolute atomic E-state index is 13.1. The van der Waals surface area contributed by atoms with Crippen LogP contribution in [0.5, 0.6) is 5.75 Å². The van der Waals surface area contributed by atoms with Gasteiger partial charge >= 0.3 is 5.97 Å². The molecule has 0 radical (unpaired) electrons. The summed E-state index contributed by atoms with van der Waals surface area (Å²) >= 11 is 0. The summed E-state index contributed by atoms with van der Waals surface area (Å²) in [4.78, 5) is 11.7. The van der Waals surface area contributed by atoms with Gasteiger partial charge in [0, 0.05) is 11.8 Å². The Morgan fingerprint density at radius 3 is 2.44 bits per heavy atom. The van der Waals surface area contributed by atoms with Crippen LogP contribution in [0.15, 0.2) is 60.7 Å². The largest absolute Gasteiger partial charge is 0.486 e. The smallest absolute Gasteiger partial charge is 0.356 e. The maximum atomic E-state index is 13.1. The van der Waals surface area contributed by atoms with E-state index in [4.69, 9.17) is 4.74 Å². The van der Waals surface area contributed by atoms with E-state index in [1.165, 1.54) is 34.9 Å². The molecule has 0 aliphatic carbocycles. The van der Waals surface area contributed by atoms with Crippen LogP contribution in [0.1, 0.15) is 21.7 Å². The molecule has 5 nitrogen and oxygen atoms in total. The van der Waals surface area contributed by atoms with Gasteiger partial charge in [-0.15, -0.1) is 0 Å². The normalized spacial score (nSPS) is 10.2. The van der Waals surface area contributed by atoms with Crippen molar-refractivity contribution < 1.29 is 19.0 Å². The van der Waals surface area contributed by atoms with Gasteiger partial charge in [0.25, 0.3) is 0 Å². The topological polar surface area (TPSA) is 75.2 Å². The van der Waals surface area contributed by atoms with Crippen LogP contribution in [-0.4, -0.2) is 15.6 Å². The van der Waals surface area contributed by atoms with Crippen molar-refractivity contribution in [2.45, 2.75) is 6.61 Å². The molecule has 0 bridgehead atoms. The number of rotatable bonds is 5. The lowest BCUT2D eigenvalue weighted by atomic mass is 10.2. The maximum Gasteiger partial charge on any atom is 0.356 e. The van der Waals surface area contributed by atoms with Gasteiger partial charge in [-0.2, -0.15) is 5.26 Å². The number of ether oxygens (including phenoxy) is 1. The molecule has 0 fully saturated rings. The van der Waals surface area contributed by atoms with E-state index in [2.05, 4.69) is 0 Å². The minimum Gasteiger partial charge on any atom is -0.486 e. The number of hydrogen-bond acceptors (Lipinski definition) is 3. The Balaban J connectivity index is 2.03. The number of aromatic nitrogens is 1. The summed E-state index contributed by atoms with van der Waals surface area (Å²) in [5.74, 6) is -1.61. The fraction of sp³-hybridized carbons (Fsp3) is 0.0526. The van der Waals surface area contributed by atoms with Crippen molar-refractivity contribution in [3.63, 3.8) is 0 Å². The number of benzene rings is 2. The Bertz CT molecular complexity index is 941. The molecule has 0 atom stereocenters. The molecule has 3 rings (SSSR count). The molecule has 124 valence electrons. The van der Waals surface area contributed by atoms with Crippen LogP contribution in [0, 0.1) is 17.1 Å². The molecule has 6 heteroatoms. The zero-order chi connectivity index (χ0) is 17.8. The van der Waals surface area contributed by atoms with E-state index >= 15 is 0 Å². The van der Waals surface area contributed by atoms with Crippen LogP contribution >= 0.6 is 0 Å². The van der Waals surface area contributed by atoms with E-state index in [9.17, 15) is 19.6 Å². The van der Waals surface area contributed by atoms with E-state index in [0.717, 1.165) is 5.56 Å². The van der Waals surface area contributed by atoms with Crippen LogP contribution < -0.4 is 4.74 Å². The van der Waals surface area contributed by atoms with Gasteiger partial charge in [0.2, 0.25) is 0 Å². The third-order valence-electron chi connectivity index (χ3n) is 3.60. The number of halogens is 1. The first-order chi connectivity index (χ1) is 12.1. The fourth-order valence-corrected chi connectivity index (χ4v) is 2.47. The molecule has 2 aromatic carbocycles. The summed E-state index contributed by atoms with van der Waals surface area (Å²) in [5.41, 5.74) is 1.14. The summed E-state index contributed by atoms with van der Waals surface area (Å²) in [6, 6.07) is 17.8. The molecule has 0 aliphatic rings. The van der Waals surface area contributed by atoms with Crippen molar-refractivity contribution >= 4 is 5.97 Å². The number of carboxylic acid groups (broad SMARTS) is 1. The quantitative estimate of drug-likeness (QED) is 0.769. The van der Waals surface area contributed by atoms with Gasteiger partial charge in [0.1, 0.15) is 24.2 Å². The summed E-state index contributed by atoms with van der Waals surface area (Å²) in [5, 5.41) is 18.9. The summed E-state index contributed by atoms with van der Waals surface area (Å²) < 4.78 is 20.0.